The van der Waals surface area contributed by atoms with Gasteiger partial charge in [0, 0.05) is 18.7 Å². The highest BCUT2D eigenvalue weighted by atomic mass is 16.6. The smallest absolute Gasteiger partial charge is 0.408 e. The van der Waals surface area contributed by atoms with Gasteiger partial charge in [0.1, 0.15) is 17.3 Å². The molecule has 0 aliphatic heterocycles. The number of nitrogens with one attached hydrogen (secondary N) is 2. The van der Waals surface area contributed by atoms with Crippen LogP contribution in [-0.2, 0) is 20.9 Å². The van der Waals surface area contributed by atoms with Crippen LogP contribution in [0.2, 0.25) is 0 Å². The van der Waals surface area contributed by atoms with Crippen molar-refractivity contribution in [2.24, 2.45) is 11.7 Å². The minimum atomic E-state index is -0.820. The first kappa shape index (κ1) is 29.6. The van der Waals surface area contributed by atoms with Crippen molar-refractivity contribution in [3.05, 3.63) is 65.5 Å². The Hall–Kier alpha value is -3.59. The third-order valence-corrected chi connectivity index (χ3v) is 5.77. The highest BCUT2D eigenvalue weighted by molar-refractivity contribution is 6.08. The second kappa shape index (κ2) is 13.1. The van der Waals surface area contributed by atoms with E-state index in [1.165, 1.54) is 12.3 Å². The summed E-state index contributed by atoms with van der Waals surface area (Å²) >= 11 is 0. The molecule has 37 heavy (non-hydrogen) atoms. The van der Waals surface area contributed by atoms with Gasteiger partial charge in [-0.1, -0.05) is 51.1 Å². The lowest BCUT2D eigenvalue weighted by molar-refractivity contribution is -0.124. The largest absolute Gasteiger partial charge is 0.444 e. The van der Waals surface area contributed by atoms with Gasteiger partial charge in [0.25, 0.3) is 0 Å². The van der Waals surface area contributed by atoms with E-state index < -0.39 is 29.6 Å². The van der Waals surface area contributed by atoms with Crippen molar-refractivity contribution in [1.29, 1.82) is 0 Å². The average Bonchev–Trinajstić information content (AvgIpc) is 2.84. The molecular formula is C28H38N4O5. The van der Waals surface area contributed by atoms with Crippen LogP contribution in [-0.4, -0.2) is 46.2 Å². The van der Waals surface area contributed by atoms with Gasteiger partial charge in [0.05, 0.1) is 12.5 Å². The lowest BCUT2D eigenvalue weighted by Gasteiger charge is -2.25. The highest BCUT2D eigenvalue weighted by Crippen LogP contribution is 2.19. The molecule has 2 rings (SSSR count). The van der Waals surface area contributed by atoms with E-state index in [2.05, 4.69) is 15.6 Å². The van der Waals surface area contributed by atoms with Crippen LogP contribution in [0.15, 0.2) is 48.7 Å². The summed E-state index contributed by atoms with van der Waals surface area (Å²) in [6.45, 7) is 10.8. The first-order chi connectivity index (χ1) is 17.3. The number of nitrogens with zero attached hydrogens (tertiary/aromatic N) is 1. The molecule has 2 unspecified atom stereocenters. The number of alkyl carbamates (subject to hydrolysis) is 1. The minimum Gasteiger partial charge on any atom is -0.444 e. The number of ether oxygens (including phenoxy) is 1. The molecule has 0 saturated heterocycles. The molecule has 9 heteroatoms. The maximum absolute atomic E-state index is 12.8. The molecule has 4 N–H and O–H groups in total. The van der Waals surface area contributed by atoms with Gasteiger partial charge in [-0.15, -0.1) is 0 Å². The molecule has 1 heterocycles. The van der Waals surface area contributed by atoms with Crippen molar-refractivity contribution < 1.29 is 23.9 Å². The predicted octanol–water partition coefficient (Wildman–Crippen LogP) is 3.52. The van der Waals surface area contributed by atoms with E-state index in [4.69, 9.17) is 10.5 Å². The monoisotopic (exact) mass is 510 g/mol. The first-order valence-electron chi connectivity index (χ1n) is 12.4. The summed E-state index contributed by atoms with van der Waals surface area (Å²) in [4.78, 5) is 54.4. The number of amides is 2. The second-order valence-corrected chi connectivity index (χ2v) is 10.4. The summed E-state index contributed by atoms with van der Waals surface area (Å²) in [5.74, 6) is -1.62. The number of nitrogens with two attached hydrogens (primary N) is 1. The van der Waals surface area contributed by atoms with Gasteiger partial charge in [-0.05, 0) is 49.9 Å². The Balaban J connectivity index is 1.98. The molecule has 0 saturated carbocycles. The number of aromatic nitrogens is 1. The van der Waals surface area contributed by atoms with Crippen molar-refractivity contribution >= 4 is 23.6 Å². The molecular weight excluding hydrogens is 472 g/mol. The molecule has 0 radical (unpaired) electrons. The van der Waals surface area contributed by atoms with Crippen LogP contribution >= 0.6 is 0 Å². The number of hydrogen-bond donors (Lipinski definition) is 3. The molecule has 1 aromatic carbocycles. The van der Waals surface area contributed by atoms with E-state index in [0.29, 0.717) is 5.56 Å². The van der Waals surface area contributed by atoms with E-state index in [1.807, 2.05) is 51.1 Å². The van der Waals surface area contributed by atoms with Crippen LogP contribution in [0.5, 0.6) is 0 Å². The fourth-order valence-corrected chi connectivity index (χ4v) is 3.61. The van der Waals surface area contributed by atoms with Crippen molar-refractivity contribution in [3.8, 4) is 0 Å². The van der Waals surface area contributed by atoms with Gasteiger partial charge in [-0.2, -0.15) is 0 Å². The van der Waals surface area contributed by atoms with Crippen LogP contribution < -0.4 is 16.4 Å². The summed E-state index contributed by atoms with van der Waals surface area (Å²) in [6, 6.07) is 11.0. The Labute approximate surface area is 218 Å². The number of benzene rings is 1. The topological polar surface area (TPSA) is 140 Å². The molecule has 0 bridgehead atoms. The SMILES string of the molecule is CC(C)C(NC(=O)OC(C)(C)C)C(=O)NCc1ccnc(C(=O)CC(=O)[C@@H](N)C(C)c2ccccc2)c1. The number of pyridine rings is 1. The van der Waals surface area contributed by atoms with E-state index in [-0.39, 0.29) is 42.2 Å². The summed E-state index contributed by atoms with van der Waals surface area (Å²) in [6.07, 6.45) is 0.406. The minimum absolute atomic E-state index is 0.110. The quantitative estimate of drug-likeness (QED) is 0.310. The zero-order chi connectivity index (χ0) is 27.8. The van der Waals surface area contributed by atoms with Crippen molar-refractivity contribution in [1.82, 2.24) is 15.6 Å². The molecule has 3 atom stereocenters. The lowest BCUT2D eigenvalue weighted by Crippen LogP contribution is -2.50. The van der Waals surface area contributed by atoms with Gasteiger partial charge in [-0.3, -0.25) is 19.4 Å². The summed E-state index contributed by atoms with van der Waals surface area (Å²) in [7, 11) is 0. The summed E-state index contributed by atoms with van der Waals surface area (Å²) < 4.78 is 5.25. The van der Waals surface area contributed by atoms with Crippen LogP contribution in [0.3, 0.4) is 0 Å². The fraction of sp³-hybridized carbons (Fsp3) is 0.464. The van der Waals surface area contributed by atoms with Crippen LogP contribution in [0.1, 0.15) is 75.5 Å². The number of Topliss-reactive ketones (excluding diaryl/α,β-unsaturated/α-hetero) is 2. The van der Waals surface area contributed by atoms with Crippen LogP contribution in [0.4, 0.5) is 4.79 Å². The maximum atomic E-state index is 12.8. The van der Waals surface area contributed by atoms with Gasteiger partial charge in [-0.25, -0.2) is 4.79 Å². The van der Waals surface area contributed by atoms with E-state index in [0.717, 1.165) is 5.56 Å². The second-order valence-electron chi connectivity index (χ2n) is 10.4. The Morgan fingerprint density at radius 1 is 1.03 bits per heavy atom. The highest BCUT2D eigenvalue weighted by Gasteiger charge is 2.27. The normalized spacial score (nSPS) is 13.8. The molecule has 1 aromatic heterocycles. The van der Waals surface area contributed by atoms with Crippen LogP contribution in [0, 0.1) is 5.92 Å². The van der Waals surface area contributed by atoms with E-state index in [9.17, 15) is 19.2 Å². The zero-order valence-electron chi connectivity index (χ0n) is 22.4. The predicted molar refractivity (Wildman–Crippen MR) is 141 cm³/mol. The van der Waals surface area contributed by atoms with Gasteiger partial charge in [0.2, 0.25) is 5.91 Å². The Kier molecular flexibility index (Phi) is 10.5. The third-order valence-electron chi connectivity index (χ3n) is 5.77. The summed E-state index contributed by atoms with van der Waals surface area (Å²) in [5.41, 5.74) is 7.12. The van der Waals surface area contributed by atoms with Crippen molar-refractivity contribution in [3.63, 3.8) is 0 Å². The van der Waals surface area contributed by atoms with Crippen molar-refractivity contribution in [2.75, 3.05) is 0 Å². The zero-order valence-corrected chi connectivity index (χ0v) is 22.4. The lowest BCUT2D eigenvalue weighted by atomic mass is 9.89. The van der Waals surface area contributed by atoms with Crippen molar-refractivity contribution in [2.45, 2.75) is 78.1 Å². The first-order valence-corrected chi connectivity index (χ1v) is 12.4. The molecule has 0 aliphatic rings. The molecule has 9 nitrogen and oxygen atoms in total. The maximum Gasteiger partial charge on any atom is 0.408 e. The van der Waals surface area contributed by atoms with Gasteiger partial charge >= 0.3 is 6.09 Å². The Morgan fingerprint density at radius 2 is 1.68 bits per heavy atom. The average molecular weight is 511 g/mol. The number of carbonyl (C=O) groups is 4. The molecule has 0 aliphatic carbocycles. The standard InChI is InChI=1S/C28H38N4O5/c1-17(2)25(32-27(36)37-28(4,5)6)26(35)31-16-19-12-13-30-21(14-19)22(33)15-23(34)24(29)18(3)20-10-8-7-9-11-20/h7-14,17-18,24-25H,15-16,29H2,1-6H3,(H,31,35)(H,32,36)/t18?,24-,25?/m0/s1. The Bertz CT molecular complexity index is 1100. The Morgan fingerprint density at radius 3 is 2.27 bits per heavy atom. The van der Waals surface area contributed by atoms with Gasteiger partial charge < -0.3 is 21.1 Å². The molecule has 2 amide bonds. The van der Waals surface area contributed by atoms with E-state index in [1.54, 1.807) is 26.8 Å². The van der Waals surface area contributed by atoms with Crippen LogP contribution in [0.25, 0.3) is 0 Å². The van der Waals surface area contributed by atoms with E-state index >= 15 is 0 Å². The van der Waals surface area contributed by atoms with Gasteiger partial charge in [0.15, 0.2) is 11.6 Å². The number of rotatable bonds is 11. The summed E-state index contributed by atoms with van der Waals surface area (Å²) in [5, 5.41) is 5.37. The molecule has 2 aromatic rings. The third kappa shape index (κ3) is 9.42. The molecule has 200 valence electrons. The fourth-order valence-electron chi connectivity index (χ4n) is 3.61. The molecule has 0 fully saturated rings. The molecule has 0 spiro atoms. The number of hydrogen-bond acceptors (Lipinski definition) is 7. The number of carbonyl (C=O) groups excluding carboxylic acids is 4. The number of ketones is 2.